The molecule has 8 atom stereocenters. The van der Waals surface area contributed by atoms with Crippen molar-refractivity contribution >= 4 is 35.0 Å². The van der Waals surface area contributed by atoms with Gasteiger partial charge in [0.15, 0.2) is 0 Å². The number of fused-ring (bicyclic) bond motifs is 10. The Balaban J connectivity index is 1.05. The summed E-state index contributed by atoms with van der Waals surface area (Å²) in [5.41, 5.74) is 3.18. The third kappa shape index (κ3) is 2.81. The second-order valence-corrected chi connectivity index (χ2v) is 11.5. The number of carbonyl (C=O) groups excluding carboxylic acids is 4. The molecule has 2 aliphatic heterocycles. The molecule has 2 aromatic carbocycles. The number of imide groups is 2. The molecule has 0 radical (unpaired) electrons. The van der Waals surface area contributed by atoms with Crippen molar-refractivity contribution < 1.29 is 19.2 Å². The van der Waals surface area contributed by atoms with Crippen LogP contribution in [0.5, 0.6) is 0 Å². The van der Waals surface area contributed by atoms with Gasteiger partial charge in [0.05, 0.1) is 35.0 Å². The van der Waals surface area contributed by atoms with Gasteiger partial charge in [-0.1, -0.05) is 48.6 Å². The van der Waals surface area contributed by atoms with Gasteiger partial charge in [0.1, 0.15) is 0 Å². The summed E-state index contributed by atoms with van der Waals surface area (Å²) in [5.74, 6) is -0.451. The zero-order valence-corrected chi connectivity index (χ0v) is 20.2. The van der Waals surface area contributed by atoms with Gasteiger partial charge >= 0.3 is 0 Å². The number of benzene rings is 2. The van der Waals surface area contributed by atoms with Crippen LogP contribution in [-0.4, -0.2) is 23.6 Å². The van der Waals surface area contributed by atoms with E-state index in [1.807, 2.05) is 48.5 Å². The molecular formula is C31H26N2O4. The van der Waals surface area contributed by atoms with Gasteiger partial charge in [-0.3, -0.25) is 29.0 Å². The molecule has 2 heterocycles. The Kier molecular flexibility index (Phi) is 4.24. The van der Waals surface area contributed by atoms with E-state index in [-0.39, 0.29) is 71.0 Å². The molecule has 4 aliphatic carbocycles. The average Bonchev–Trinajstić information content (AvgIpc) is 3.73. The fourth-order valence-corrected chi connectivity index (χ4v) is 8.16. The first-order chi connectivity index (χ1) is 18.0. The van der Waals surface area contributed by atoms with Gasteiger partial charge in [-0.25, -0.2) is 0 Å². The van der Waals surface area contributed by atoms with Crippen LogP contribution < -0.4 is 9.80 Å². The molecule has 0 N–H and O–H groups in total. The molecule has 0 aromatic heterocycles. The van der Waals surface area contributed by atoms with Crippen LogP contribution >= 0.6 is 0 Å². The highest BCUT2D eigenvalue weighted by Gasteiger charge is 2.60. The summed E-state index contributed by atoms with van der Waals surface area (Å²) >= 11 is 0. The molecule has 6 aliphatic rings. The van der Waals surface area contributed by atoms with E-state index >= 15 is 0 Å². The highest BCUT2D eigenvalue weighted by molar-refractivity contribution is 6.23. The van der Waals surface area contributed by atoms with E-state index in [1.165, 1.54) is 9.80 Å². The summed E-state index contributed by atoms with van der Waals surface area (Å²) in [6, 6.07) is 15.2. The van der Waals surface area contributed by atoms with Gasteiger partial charge in [-0.05, 0) is 78.3 Å². The van der Waals surface area contributed by atoms with Crippen LogP contribution in [0, 0.1) is 47.3 Å². The Morgan fingerprint density at radius 3 is 1.24 bits per heavy atom. The van der Waals surface area contributed by atoms with Crippen LogP contribution in [-0.2, 0) is 25.6 Å². The van der Waals surface area contributed by atoms with Crippen molar-refractivity contribution in [1.82, 2.24) is 0 Å². The Morgan fingerprint density at radius 1 is 0.541 bits per heavy atom. The maximum absolute atomic E-state index is 13.2. The second kappa shape index (κ2) is 7.37. The Bertz CT molecular complexity index is 1300. The monoisotopic (exact) mass is 490 g/mol. The highest BCUT2D eigenvalue weighted by atomic mass is 16.2. The smallest absolute Gasteiger partial charge is 0.238 e. The summed E-state index contributed by atoms with van der Waals surface area (Å²) in [6.07, 6.45) is 10.8. The molecule has 8 rings (SSSR count). The van der Waals surface area contributed by atoms with E-state index < -0.39 is 0 Å². The lowest BCUT2D eigenvalue weighted by Crippen LogP contribution is -2.33. The summed E-state index contributed by atoms with van der Waals surface area (Å²) < 4.78 is 0. The number of anilines is 2. The van der Waals surface area contributed by atoms with Crippen LogP contribution in [0.4, 0.5) is 11.4 Å². The average molecular weight is 491 g/mol. The topological polar surface area (TPSA) is 74.8 Å². The van der Waals surface area contributed by atoms with Gasteiger partial charge in [-0.2, -0.15) is 0 Å². The zero-order chi connectivity index (χ0) is 25.0. The molecule has 6 heteroatoms. The molecule has 184 valence electrons. The van der Waals surface area contributed by atoms with Gasteiger partial charge in [0, 0.05) is 0 Å². The quantitative estimate of drug-likeness (QED) is 0.481. The van der Waals surface area contributed by atoms with Crippen LogP contribution in [0.1, 0.15) is 24.0 Å². The zero-order valence-electron chi connectivity index (χ0n) is 20.2. The number of nitrogens with zero attached hydrogens (tertiary/aromatic N) is 2. The van der Waals surface area contributed by atoms with Gasteiger partial charge in [0.2, 0.25) is 23.6 Å². The predicted octanol–water partition coefficient (Wildman–Crippen LogP) is 3.90. The SMILES string of the molecule is O=C1[C@@H]2[C@H](C(=O)N1c1cccc(Cc3cccc(N4C(=O)[C@@H]5[C@H](C4=O)[C@@H]4C=C[C@H]5C4)c3)c1)[C@@H]1C=C[C@H]2C1. The van der Waals surface area contributed by atoms with Gasteiger partial charge < -0.3 is 0 Å². The number of carbonyl (C=O) groups is 4. The molecule has 4 fully saturated rings. The fourth-order valence-electron chi connectivity index (χ4n) is 8.16. The van der Waals surface area contributed by atoms with Crippen molar-refractivity contribution in [3.05, 3.63) is 84.0 Å². The van der Waals surface area contributed by atoms with E-state index in [9.17, 15) is 19.2 Å². The van der Waals surface area contributed by atoms with Crippen molar-refractivity contribution in [2.45, 2.75) is 19.3 Å². The molecule has 2 aromatic rings. The third-order valence-corrected chi connectivity index (χ3v) is 9.69. The number of hydrogen-bond donors (Lipinski definition) is 0. The Hall–Kier alpha value is -3.80. The standard InChI is InChI=1S/C31H26N2O4/c34-28-24-18-7-8-19(14-18)25(24)29(35)32(28)22-5-1-3-16(12-22)11-17-4-2-6-23(13-17)33-30(36)26-20-9-10-21(15-20)27(26)31(33)37/h1-10,12-13,18-21,24-27H,11,14-15H2/t18-,19+,20-,21+,24-,25+,26-,27+. The van der Waals surface area contributed by atoms with Crippen molar-refractivity contribution in [3.63, 3.8) is 0 Å². The molecule has 0 spiro atoms. The van der Waals surface area contributed by atoms with Crippen LogP contribution in [0.3, 0.4) is 0 Å². The first-order valence-corrected chi connectivity index (χ1v) is 13.3. The first kappa shape index (κ1) is 21.3. The maximum Gasteiger partial charge on any atom is 0.238 e. The van der Waals surface area contributed by atoms with Crippen molar-refractivity contribution in [2.75, 3.05) is 9.80 Å². The van der Waals surface area contributed by atoms with Crippen LogP contribution in [0.2, 0.25) is 0 Å². The van der Waals surface area contributed by atoms with E-state index in [4.69, 9.17) is 0 Å². The lowest BCUT2D eigenvalue weighted by molar-refractivity contribution is -0.124. The summed E-state index contributed by atoms with van der Waals surface area (Å²) in [6.45, 7) is 0. The number of rotatable bonds is 4. The van der Waals surface area contributed by atoms with Crippen molar-refractivity contribution in [1.29, 1.82) is 0 Å². The minimum atomic E-state index is -0.219. The van der Waals surface area contributed by atoms with E-state index in [2.05, 4.69) is 24.3 Å². The third-order valence-electron chi connectivity index (χ3n) is 9.69. The predicted molar refractivity (Wildman–Crippen MR) is 136 cm³/mol. The maximum atomic E-state index is 13.2. The van der Waals surface area contributed by atoms with Crippen LogP contribution in [0.25, 0.3) is 0 Å². The number of amides is 4. The summed E-state index contributed by atoms with van der Waals surface area (Å²) in [5, 5.41) is 0. The number of hydrogen-bond acceptors (Lipinski definition) is 4. The van der Waals surface area contributed by atoms with E-state index in [0.717, 1.165) is 24.0 Å². The highest BCUT2D eigenvalue weighted by Crippen LogP contribution is 2.54. The Labute approximate surface area is 214 Å². The summed E-state index contributed by atoms with van der Waals surface area (Å²) in [4.78, 5) is 55.7. The molecule has 2 saturated heterocycles. The van der Waals surface area contributed by atoms with Gasteiger partial charge in [-0.15, -0.1) is 0 Å². The van der Waals surface area contributed by atoms with E-state index in [0.29, 0.717) is 17.8 Å². The minimum absolute atomic E-state index is 0.0777. The van der Waals surface area contributed by atoms with Crippen LogP contribution in [0.15, 0.2) is 72.8 Å². The molecule has 4 bridgehead atoms. The molecule has 37 heavy (non-hydrogen) atoms. The lowest BCUT2D eigenvalue weighted by atomic mass is 9.85. The molecule has 4 amide bonds. The Morgan fingerprint density at radius 2 is 0.892 bits per heavy atom. The van der Waals surface area contributed by atoms with Crippen molar-refractivity contribution in [3.8, 4) is 0 Å². The molecular weight excluding hydrogens is 464 g/mol. The summed E-state index contributed by atoms with van der Waals surface area (Å²) in [7, 11) is 0. The van der Waals surface area contributed by atoms with Crippen molar-refractivity contribution in [2.24, 2.45) is 47.3 Å². The normalized spacial score (nSPS) is 36.4. The van der Waals surface area contributed by atoms with E-state index in [1.54, 1.807) is 0 Å². The fraction of sp³-hybridized carbons (Fsp3) is 0.355. The minimum Gasteiger partial charge on any atom is -0.274 e. The number of allylic oxidation sites excluding steroid dienone is 4. The van der Waals surface area contributed by atoms with Gasteiger partial charge in [0.25, 0.3) is 0 Å². The second-order valence-electron chi connectivity index (χ2n) is 11.5. The molecule has 2 saturated carbocycles. The molecule has 0 unspecified atom stereocenters. The lowest BCUT2D eigenvalue weighted by Gasteiger charge is -2.19. The largest absolute Gasteiger partial charge is 0.274 e. The molecule has 6 nitrogen and oxygen atoms in total. The first-order valence-electron chi connectivity index (χ1n) is 13.3.